The fraction of sp³-hybridized carbons (Fsp3) is 0.600. The topological polar surface area (TPSA) is 92.4 Å². The summed E-state index contributed by atoms with van der Waals surface area (Å²) in [7, 11) is 0. The van der Waals surface area contributed by atoms with Gasteiger partial charge in [0.15, 0.2) is 0 Å². The maximum absolute atomic E-state index is 11.3. The lowest BCUT2D eigenvalue weighted by molar-refractivity contribution is -0.141. The van der Waals surface area contributed by atoms with Crippen LogP contribution in [0.4, 0.5) is 0 Å². The molecule has 86 valence electrons. The Morgan fingerprint density at radius 3 is 2.60 bits per heavy atom. The molecule has 4 N–H and O–H groups in total. The van der Waals surface area contributed by atoms with Crippen LogP contribution in [0.5, 0.6) is 0 Å². The molecule has 15 heavy (non-hydrogen) atoms. The van der Waals surface area contributed by atoms with Crippen molar-refractivity contribution in [2.24, 2.45) is 11.7 Å². The summed E-state index contributed by atoms with van der Waals surface area (Å²) < 4.78 is 0. The van der Waals surface area contributed by atoms with Gasteiger partial charge in [-0.3, -0.25) is 9.59 Å². The first-order chi connectivity index (χ1) is 7.02. The molecule has 0 bridgehead atoms. The van der Waals surface area contributed by atoms with Gasteiger partial charge < -0.3 is 16.2 Å². The third-order valence-corrected chi connectivity index (χ3v) is 2.12. The van der Waals surface area contributed by atoms with Crippen molar-refractivity contribution in [1.82, 2.24) is 5.32 Å². The average Bonchev–Trinajstić information content (AvgIpc) is 2.18. The van der Waals surface area contributed by atoms with Crippen LogP contribution in [-0.2, 0) is 9.59 Å². The number of carboxylic acids is 1. The molecule has 2 atom stereocenters. The molecule has 0 aliphatic carbocycles. The lowest BCUT2D eigenvalue weighted by Crippen LogP contribution is -2.43. The van der Waals surface area contributed by atoms with Crippen molar-refractivity contribution < 1.29 is 14.7 Å². The molecule has 0 aromatic rings. The Labute approximate surface area is 89.3 Å². The highest BCUT2D eigenvalue weighted by molar-refractivity contribution is 5.82. The minimum atomic E-state index is -0.907. The van der Waals surface area contributed by atoms with E-state index in [-0.39, 0.29) is 12.5 Å². The number of hydrogen-bond donors (Lipinski definition) is 3. The number of aliphatic carboxylic acids is 1. The summed E-state index contributed by atoms with van der Waals surface area (Å²) in [6.45, 7) is 5.35. The van der Waals surface area contributed by atoms with Crippen LogP contribution < -0.4 is 11.1 Å². The molecular formula is C10H18N2O3. The van der Waals surface area contributed by atoms with E-state index in [0.717, 1.165) is 0 Å². The fourth-order valence-electron chi connectivity index (χ4n) is 1.05. The summed E-state index contributed by atoms with van der Waals surface area (Å²) in [6, 6.07) is -0.645. The van der Waals surface area contributed by atoms with Gasteiger partial charge in [-0.25, -0.2) is 0 Å². The Bertz CT molecular complexity index is 241. The van der Waals surface area contributed by atoms with Crippen molar-refractivity contribution in [2.75, 3.05) is 6.54 Å². The predicted molar refractivity (Wildman–Crippen MR) is 57.2 cm³/mol. The number of rotatable bonds is 7. The molecule has 0 fully saturated rings. The standard InChI is InChI=1S/C10H18N2O3/c1-3-5-8(11)9(13)12-6-7(4-2)10(14)15/h3,7-8H,1,4-6,11H2,2H3,(H,12,13)(H,14,15). The molecule has 5 heteroatoms. The number of carbonyl (C=O) groups excluding carboxylic acids is 1. The molecule has 0 heterocycles. The molecule has 0 saturated carbocycles. The van der Waals surface area contributed by atoms with Gasteiger partial charge in [-0.05, 0) is 12.8 Å². The second kappa shape index (κ2) is 7.00. The van der Waals surface area contributed by atoms with Gasteiger partial charge in [-0.2, -0.15) is 0 Å². The minimum absolute atomic E-state index is 0.121. The Morgan fingerprint density at radius 2 is 2.20 bits per heavy atom. The zero-order valence-electron chi connectivity index (χ0n) is 8.90. The lowest BCUT2D eigenvalue weighted by atomic mass is 10.1. The molecule has 0 rings (SSSR count). The molecule has 0 aliphatic heterocycles. The molecule has 0 radical (unpaired) electrons. The second-order valence-corrected chi connectivity index (χ2v) is 3.32. The normalized spacial score (nSPS) is 14.0. The number of carbonyl (C=O) groups is 2. The zero-order valence-corrected chi connectivity index (χ0v) is 8.90. The van der Waals surface area contributed by atoms with Crippen molar-refractivity contribution in [1.29, 1.82) is 0 Å². The quantitative estimate of drug-likeness (QED) is 0.525. The van der Waals surface area contributed by atoms with Gasteiger partial charge in [-0.1, -0.05) is 13.0 Å². The van der Waals surface area contributed by atoms with Crippen LogP contribution >= 0.6 is 0 Å². The maximum Gasteiger partial charge on any atom is 0.308 e. The van der Waals surface area contributed by atoms with Gasteiger partial charge >= 0.3 is 5.97 Å². The van der Waals surface area contributed by atoms with E-state index in [1.54, 1.807) is 13.0 Å². The van der Waals surface area contributed by atoms with Crippen LogP contribution in [0.15, 0.2) is 12.7 Å². The summed E-state index contributed by atoms with van der Waals surface area (Å²) >= 11 is 0. The first kappa shape index (κ1) is 13.6. The van der Waals surface area contributed by atoms with Gasteiger partial charge in [0.2, 0.25) is 5.91 Å². The first-order valence-electron chi connectivity index (χ1n) is 4.89. The van der Waals surface area contributed by atoms with Gasteiger partial charge in [0.25, 0.3) is 0 Å². The van der Waals surface area contributed by atoms with Crippen LogP contribution in [0.1, 0.15) is 19.8 Å². The Morgan fingerprint density at radius 1 is 1.60 bits per heavy atom. The smallest absolute Gasteiger partial charge is 0.308 e. The van der Waals surface area contributed by atoms with Gasteiger partial charge in [-0.15, -0.1) is 6.58 Å². The van der Waals surface area contributed by atoms with E-state index >= 15 is 0 Å². The molecule has 0 aromatic heterocycles. The maximum atomic E-state index is 11.3. The zero-order chi connectivity index (χ0) is 11.8. The van der Waals surface area contributed by atoms with E-state index in [1.807, 2.05) is 0 Å². The summed E-state index contributed by atoms with van der Waals surface area (Å²) in [6.07, 6.45) is 2.42. The summed E-state index contributed by atoms with van der Waals surface area (Å²) in [5, 5.41) is 11.2. The molecule has 2 unspecified atom stereocenters. The first-order valence-corrected chi connectivity index (χ1v) is 4.89. The SMILES string of the molecule is C=CCC(N)C(=O)NCC(CC)C(=O)O. The largest absolute Gasteiger partial charge is 0.481 e. The highest BCUT2D eigenvalue weighted by Crippen LogP contribution is 2.00. The van der Waals surface area contributed by atoms with Crippen molar-refractivity contribution in [3.05, 3.63) is 12.7 Å². The third kappa shape index (κ3) is 5.17. The number of carboxylic acid groups (broad SMARTS) is 1. The highest BCUT2D eigenvalue weighted by Gasteiger charge is 2.17. The molecule has 0 spiro atoms. The Hall–Kier alpha value is -1.36. The molecule has 0 saturated heterocycles. The number of nitrogens with two attached hydrogens (primary N) is 1. The number of hydrogen-bond acceptors (Lipinski definition) is 3. The summed E-state index contributed by atoms with van der Waals surface area (Å²) in [4.78, 5) is 21.9. The highest BCUT2D eigenvalue weighted by atomic mass is 16.4. The van der Waals surface area contributed by atoms with Crippen molar-refractivity contribution in [3.63, 3.8) is 0 Å². The van der Waals surface area contributed by atoms with Crippen LogP contribution in [-0.4, -0.2) is 29.6 Å². The third-order valence-electron chi connectivity index (χ3n) is 2.12. The van der Waals surface area contributed by atoms with E-state index in [9.17, 15) is 9.59 Å². The Kier molecular flexibility index (Phi) is 6.37. The number of amides is 1. The average molecular weight is 214 g/mol. The van der Waals surface area contributed by atoms with Crippen molar-refractivity contribution >= 4 is 11.9 Å². The monoisotopic (exact) mass is 214 g/mol. The molecule has 0 aromatic carbocycles. The van der Waals surface area contributed by atoms with Gasteiger partial charge in [0.05, 0.1) is 12.0 Å². The van der Waals surface area contributed by atoms with Gasteiger partial charge in [0, 0.05) is 6.54 Å². The van der Waals surface area contributed by atoms with Crippen LogP contribution in [0, 0.1) is 5.92 Å². The van der Waals surface area contributed by atoms with E-state index in [1.165, 1.54) is 0 Å². The van der Waals surface area contributed by atoms with Crippen LogP contribution in [0.2, 0.25) is 0 Å². The van der Waals surface area contributed by atoms with Crippen LogP contribution in [0.25, 0.3) is 0 Å². The van der Waals surface area contributed by atoms with Crippen molar-refractivity contribution in [2.45, 2.75) is 25.8 Å². The lowest BCUT2D eigenvalue weighted by Gasteiger charge is -2.13. The Balaban J connectivity index is 3.97. The van der Waals surface area contributed by atoms with E-state index in [4.69, 9.17) is 10.8 Å². The second-order valence-electron chi connectivity index (χ2n) is 3.32. The molecule has 1 amide bonds. The predicted octanol–water partition coefficient (Wildman–Crippen LogP) is 0.117. The van der Waals surface area contributed by atoms with Gasteiger partial charge in [0.1, 0.15) is 0 Å². The summed E-state index contributed by atoms with van der Waals surface area (Å²) in [5.41, 5.74) is 5.50. The van der Waals surface area contributed by atoms with E-state index < -0.39 is 17.9 Å². The number of nitrogens with one attached hydrogen (secondary N) is 1. The minimum Gasteiger partial charge on any atom is -0.481 e. The van der Waals surface area contributed by atoms with Crippen LogP contribution in [0.3, 0.4) is 0 Å². The van der Waals surface area contributed by atoms with Crippen molar-refractivity contribution in [3.8, 4) is 0 Å². The van der Waals surface area contributed by atoms with E-state index in [0.29, 0.717) is 12.8 Å². The van der Waals surface area contributed by atoms with E-state index in [2.05, 4.69) is 11.9 Å². The summed E-state index contributed by atoms with van der Waals surface area (Å²) in [5.74, 6) is -1.80. The molecule has 0 aliphatic rings. The molecular weight excluding hydrogens is 196 g/mol. The fourth-order valence-corrected chi connectivity index (χ4v) is 1.05. The molecule has 5 nitrogen and oxygen atoms in total.